The second kappa shape index (κ2) is 6.27. The Labute approximate surface area is 141 Å². The summed E-state index contributed by atoms with van der Waals surface area (Å²) in [6.07, 6.45) is 0. The zero-order chi connectivity index (χ0) is 18.1. The van der Waals surface area contributed by atoms with Gasteiger partial charge in [0, 0.05) is 12.2 Å². The highest BCUT2D eigenvalue weighted by Crippen LogP contribution is 2.19. The predicted molar refractivity (Wildman–Crippen MR) is 87.1 cm³/mol. The van der Waals surface area contributed by atoms with Crippen molar-refractivity contribution >= 4 is 17.4 Å². The lowest BCUT2D eigenvalue weighted by Crippen LogP contribution is -2.34. The highest BCUT2D eigenvalue weighted by atomic mass is 19.1. The number of aromatic hydroxyl groups is 1. The first-order chi connectivity index (χ1) is 11.9. The van der Waals surface area contributed by atoms with Gasteiger partial charge in [-0.05, 0) is 17.7 Å². The molecule has 2 aromatic rings. The lowest BCUT2D eigenvalue weighted by molar-refractivity contribution is 0.0941. The molecular weight excluding hydrogens is 331 g/mol. The molecule has 0 saturated carbocycles. The minimum Gasteiger partial charge on any atom is -0.501 e. The average Bonchev–Trinajstić information content (AvgIpc) is 2.57. The molecule has 0 fully saturated rings. The maximum absolute atomic E-state index is 13.0. The van der Waals surface area contributed by atoms with Gasteiger partial charge in [-0.3, -0.25) is 14.2 Å². The Morgan fingerprint density at radius 3 is 3.00 bits per heavy atom. The lowest BCUT2D eigenvalue weighted by Gasteiger charge is -2.21. The van der Waals surface area contributed by atoms with E-state index >= 15 is 0 Å². The Kier molecular flexibility index (Phi) is 4.14. The third kappa shape index (κ3) is 3.03. The number of hydrogen-bond donors (Lipinski definition) is 3. The number of ether oxygens (including phenoxy) is 1. The van der Waals surface area contributed by atoms with Gasteiger partial charge in [0.15, 0.2) is 17.3 Å². The molecule has 1 aromatic carbocycles. The van der Waals surface area contributed by atoms with Crippen molar-refractivity contribution in [3.8, 4) is 5.75 Å². The highest BCUT2D eigenvalue weighted by Gasteiger charge is 2.25. The van der Waals surface area contributed by atoms with E-state index in [-0.39, 0.29) is 37.0 Å². The molecule has 1 aliphatic rings. The van der Waals surface area contributed by atoms with Gasteiger partial charge in [0.05, 0.1) is 6.54 Å². The summed E-state index contributed by atoms with van der Waals surface area (Å²) in [6.45, 7) is 4.03. The number of carbonyl (C=O) groups is 1. The second-order valence-electron chi connectivity index (χ2n) is 5.39. The molecule has 3 rings (SSSR count). The van der Waals surface area contributed by atoms with E-state index in [9.17, 15) is 19.1 Å². The molecule has 0 atom stereocenters. The monoisotopic (exact) mass is 346 g/mol. The molecule has 1 aromatic heterocycles. The molecule has 130 valence electrons. The molecule has 0 spiro atoms. The molecule has 0 bridgehead atoms. The first kappa shape index (κ1) is 16.5. The van der Waals surface area contributed by atoms with Gasteiger partial charge in [-0.25, -0.2) is 9.37 Å². The molecule has 25 heavy (non-hydrogen) atoms. The largest absolute Gasteiger partial charge is 0.501 e. The van der Waals surface area contributed by atoms with E-state index in [1.807, 2.05) is 0 Å². The van der Waals surface area contributed by atoms with E-state index < -0.39 is 28.7 Å². The maximum atomic E-state index is 13.0. The predicted octanol–water partition coefficient (Wildman–Crippen LogP) is 0.601. The number of hydrogen-bond acceptors (Lipinski definition) is 6. The molecule has 9 heteroatoms. The number of rotatable bonds is 3. The summed E-state index contributed by atoms with van der Waals surface area (Å²) in [6, 6.07) is 3.76. The minimum atomic E-state index is -0.778. The van der Waals surface area contributed by atoms with Crippen LogP contribution in [0.3, 0.4) is 0 Å². The minimum absolute atomic E-state index is 0.0259. The van der Waals surface area contributed by atoms with Gasteiger partial charge in [-0.2, -0.15) is 0 Å². The number of benzene rings is 1. The average molecular weight is 346 g/mol. The Morgan fingerprint density at radius 1 is 1.52 bits per heavy atom. The van der Waals surface area contributed by atoms with Gasteiger partial charge in [0.1, 0.15) is 12.4 Å². The number of nitrogen functional groups attached to an aromatic ring is 1. The van der Waals surface area contributed by atoms with Crippen molar-refractivity contribution in [2.24, 2.45) is 0 Å². The van der Waals surface area contributed by atoms with Crippen molar-refractivity contribution in [3.63, 3.8) is 0 Å². The van der Waals surface area contributed by atoms with E-state index in [2.05, 4.69) is 16.9 Å². The molecule has 0 unspecified atom stereocenters. The van der Waals surface area contributed by atoms with Gasteiger partial charge in [0.25, 0.3) is 11.5 Å². The molecule has 0 radical (unpaired) electrons. The summed E-state index contributed by atoms with van der Waals surface area (Å²) < 4.78 is 19.4. The Balaban J connectivity index is 1.87. The quantitative estimate of drug-likeness (QED) is 0.700. The van der Waals surface area contributed by atoms with Gasteiger partial charge in [-0.15, -0.1) is 0 Å². The Morgan fingerprint density at radius 2 is 2.28 bits per heavy atom. The number of aromatic nitrogens is 2. The van der Waals surface area contributed by atoms with Crippen LogP contribution in [0.25, 0.3) is 5.76 Å². The first-order valence-electron chi connectivity index (χ1n) is 7.36. The van der Waals surface area contributed by atoms with E-state index in [0.29, 0.717) is 5.56 Å². The molecule has 2 heterocycles. The molecule has 0 aliphatic carbocycles. The molecule has 8 nitrogen and oxygen atoms in total. The topological polar surface area (TPSA) is 119 Å². The Bertz CT molecular complexity index is 938. The van der Waals surface area contributed by atoms with Gasteiger partial charge < -0.3 is 20.9 Å². The van der Waals surface area contributed by atoms with Crippen molar-refractivity contribution in [3.05, 3.63) is 58.0 Å². The number of fused-ring (bicyclic) bond motifs is 1. The van der Waals surface area contributed by atoms with Crippen LogP contribution in [0.15, 0.2) is 29.6 Å². The number of carbonyl (C=O) groups excluding carboxylic acids is 1. The fraction of sp³-hybridized carbons (Fsp3) is 0.188. The van der Waals surface area contributed by atoms with Crippen LogP contribution < -0.4 is 16.6 Å². The fourth-order valence-electron chi connectivity index (χ4n) is 2.43. The molecule has 1 aliphatic heterocycles. The molecule has 0 saturated heterocycles. The van der Waals surface area contributed by atoms with Crippen molar-refractivity contribution in [2.45, 2.75) is 13.1 Å². The number of halogens is 1. The second-order valence-corrected chi connectivity index (χ2v) is 5.39. The Hall–Kier alpha value is -3.36. The molecular formula is C16H15FN4O4. The van der Waals surface area contributed by atoms with Crippen LogP contribution in [0.4, 0.5) is 10.1 Å². The van der Waals surface area contributed by atoms with Crippen molar-refractivity contribution < 1.29 is 19.0 Å². The number of nitrogens with two attached hydrogens (primary N) is 1. The SMILES string of the molecule is C=C1OCCn2c1nc(C(=O)NCc1ccc(F)cc1N)c(O)c2=O. The summed E-state index contributed by atoms with van der Waals surface area (Å²) in [5.74, 6) is -1.81. The smallest absolute Gasteiger partial charge is 0.297 e. The first-order valence-corrected chi connectivity index (χ1v) is 7.36. The summed E-state index contributed by atoms with van der Waals surface area (Å²) in [5, 5.41) is 12.5. The van der Waals surface area contributed by atoms with Crippen molar-refractivity contribution in [1.29, 1.82) is 0 Å². The third-order valence-electron chi connectivity index (χ3n) is 3.75. The zero-order valence-corrected chi connectivity index (χ0v) is 13.1. The summed E-state index contributed by atoms with van der Waals surface area (Å²) in [4.78, 5) is 28.5. The van der Waals surface area contributed by atoms with Crippen LogP contribution in [0.5, 0.6) is 5.75 Å². The van der Waals surface area contributed by atoms with Crippen LogP contribution in [-0.2, 0) is 17.8 Å². The van der Waals surface area contributed by atoms with Crippen LogP contribution >= 0.6 is 0 Å². The van der Waals surface area contributed by atoms with Crippen LogP contribution in [-0.4, -0.2) is 27.2 Å². The third-order valence-corrected chi connectivity index (χ3v) is 3.75. The van der Waals surface area contributed by atoms with Crippen molar-refractivity contribution in [2.75, 3.05) is 12.3 Å². The molecule has 1 amide bonds. The van der Waals surface area contributed by atoms with Gasteiger partial charge in [-0.1, -0.05) is 12.6 Å². The van der Waals surface area contributed by atoms with Gasteiger partial charge in [0.2, 0.25) is 5.75 Å². The number of nitrogens with one attached hydrogen (secondary N) is 1. The van der Waals surface area contributed by atoms with E-state index in [4.69, 9.17) is 10.5 Å². The van der Waals surface area contributed by atoms with Gasteiger partial charge >= 0.3 is 0 Å². The number of anilines is 1. The normalized spacial score (nSPS) is 13.1. The maximum Gasteiger partial charge on any atom is 0.297 e. The number of amides is 1. The lowest BCUT2D eigenvalue weighted by atomic mass is 10.1. The fourth-order valence-corrected chi connectivity index (χ4v) is 2.43. The summed E-state index contributed by atoms with van der Waals surface area (Å²) >= 11 is 0. The van der Waals surface area contributed by atoms with E-state index in [0.717, 1.165) is 6.07 Å². The number of nitrogens with zero attached hydrogens (tertiary/aromatic N) is 2. The zero-order valence-electron chi connectivity index (χ0n) is 13.1. The van der Waals surface area contributed by atoms with E-state index in [1.54, 1.807) is 0 Å². The van der Waals surface area contributed by atoms with Crippen LogP contribution in [0, 0.1) is 5.82 Å². The van der Waals surface area contributed by atoms with Crippen molar-refractivity contribution in [1.82, 2.24) is 14.9 Å². The summed E-state index contributed by atoms with van der Waals surface area (Å²) in [5.41, 5.74) is 5.14. The van der Waals surface area contributed by atoms with Crippen LogP contribution in [0.1, 0.15) is 21.9 Å². The standard InChI is InChI=1S/C16H15FN4O4/c1-8-14-20-12(13(22)16(24)21(14)4-5-25-8)15(23)19-7-9-2-3-10(17)6-11(9)18/h2-3,6,22H,1,4-5,7,18H2,(H,19,23). The van der Waals surface area contributed by atoms with E-state index in [1.165, 1.54) is 16.7 Å². The van der Waals surface area contributed by atoms with Crippen LogP contribution in [0.2, 0.25) is 0 Å². The molecule has 4 N–H and O–H groups in total. The summed E-state index contributed by atoms with van der Waals surface area (Å²) in [7, 11) is 0. The highest BCUT2D eigenvalue weighted by molar-refractivity contribution is 5.95.